The van der Waals surface area contributed by atoms with E-state index in [4.69, 9.17) is 5.11 Å². The summed E-state index contributed by atoms with van der Waals surface area (Å²) in [5.41, 5.74) is -3.01. The third kappa shape index (κ3) is 5.32. The second-order valence-electron chi connectivity index (χ2n) is 5.69. The Morgan fingerprint density at radius 3 is 1.63 bits per heavy atom. The molecule has 0 amide bonds. The molecule has 0 unspecified atom stereocenters. The average Bonchev–Trinajstić information content (AvgIpc) is 2.58. The number of benzene rings is 2. The molecule has 0 saturated heterocycles. The topological polar surface area (TPSA) is 54.4 Å². The standard InChI is InChI=1S/C18H12F6O3/c19-17(20,21)13-7-12(8-14(9-13)18(22,23)24)10-1-3-11(4-2-10)15(25)5-6-16(26)27/h1-4,7-9H,5-6H2,(H,26,27). The summed E-state index contributed by atoms with van der Waals surface area (Å²) in [6, 6.07) is 6.10. The van der Waals surface area contributed by atoms with Gasteiger partial charge in [0.15, 0.2) is 5.78 Å². The Hall–Kier alpha value is -2.84. The minimum absolute atomic E-state index is 0.0350. The summed E-state index contributed by atoms with van der Waals surface area (Å²) in [6.07, 6.45) is -10.6. The minimum Gasteiger partial charge on any atom is -0.481 e. The predicted octanol–water partition coefficient (Wildman–Crippen LogP) is 5.44. The number of rotatable bonds is 5. The van der Waals surface area contributed by atoms with Crippen LogP contribution in [0.5, 0.6) is 0 Å². The fourth-order valence-electron chi connectivity index (χ4n) is 2.33. The van der Waals surface area contributed by atoms with Crippen LogP contribution in [-0.4, -0.2) is 16.9 Å². The molecule has 27 heavy (non-hydrogen) atoms. The van der Waals surface area contributed by atoms with Crippen molar-refractivity contribution in [2.24, 2.45) is 0 Å². The lowest BCUT2D eigenvalue weighted by Crippen LogP contribution is -2.11. The molecule has 144 valence electrons. The summed E-state index contributed by atoms with van der Waals surface area (Å²) in [5, 5.41) is 8.55. The van der Waals surface area contributed by atoms with Crippen LogP contribution in [-0.2, 0) is 17.1 Å². The average molecular weight is 390 g/mol. The predicted molar refractivity (Wildman–Crippen MR) is 83.1 cm³/mol. The minimum atomic E-state index is -4.96. The van der Waals surface area contributed by atoms with Crippen molar-refractivity contribution in [2.75, 3.05) is 0 Å². The van der Waals surface area contributed by atoms with Crippen LogP contribution < -0.4 is 0 Å². The molecule has 0 radical (unpaired) electrons. The second kappa shape index (κ2) is 7.42. The largest absolute Gasteiger partial charge is 0.481 e. The van der Waals surface area contributed by atoms with E-state index in [0.717, 1.165) is 0 Å². The molecule has 0 heterocycles. The summed E-state index contributed by atoms with van der Waals surface area (Å²) in [4.78, 5) is 22.3. The Morgan fingerprint density at radius 1 is 0.741 bits per heavy atom. The van der Waals surface area contributed by atoms with E-state index >= 15 is 0 Å². The van der Waals surface area contributed by atoms with E-state index in [-0.39, 0.29) is 35.6 Å². The molecule has 0 aromatic heterocycles. The number of ketones is 1. The highest BCUT2D eigenvalue weighted by molar-refractivity contribution is 5.97. The van der Waals surface area contributed by atoms with Gasteiger partial charge in [-0.1, -0.05) is 24.3 Å². The fourth-order valence-corrected chi connectivity index (χ4v) is 2.33. The lowest BCUT2D eigenvalue weighted by Gasteiger charge is -2.14. The van der Waals surface area contributed by atoms with Gasteiger partial charge in [0.2, 0.25) is 0 Å². The van der Waals surface area contributed by atoms with Gasteiger partial charge in [-0.05, 0) is 29.3 Å². The van der Waals surface area contributed by atoms with E-state index in [2.05, 4.69) is 0 Å². The summed E-state index contributed by atoms with van der Waals surface area (Å²) in [6.45, 7) is 0. The van der Waals surface area contributed by atoms with Gasteiger partial charge < -0.3 is 5.11 Å². The quantitative estimate of drug-likeness (QED) is 0.547. The first-order chi connectivity index (χ1) is 12.4. The SMILES string of the molecule is O=C(O)CCC(=O)c1ccc(-c2cc(C(F)(F)F)cc(C(F)(F)F)c2)cc1. The van der Waals surface area contributed by atoms with Crippen molar-refractivity contribution in [3.63, 3.8) is 0 Å². The number of halogens is 6. The van der Waals surface area contributed by atoms with Crippen LogP contribution in [0.2, 0.25) is 0 Å². The fraction of sp³-hybridized carbons (Fsp3) is 0.222. The lowest BCUT2D eigenvalue weighted by molar-refractivity contribution is -0.143. The molecule has 0 atom stereocenters. The van der Waals surface area contributed by atoms with Gasteiger partial charge in [0.25, 0.3) is 0 Å². The van der Waals surface area contributed by atoms with E-state index in [1.54, 1.807) is 0 Å². The van der Waals surface area contributed by atoms with Gasteiger partial charge in [-0.25, -0.2) is 0 Å². The van der Waals surface area contributed by atoms with Crippen LogP contribution in [0.3, 0.4) is 0 Å². The number of Topliss-reactive ketones (excluding diaryl/α,β-unsaturated/α-hetero) is 1. The van der Waals surface area contributed by atoms with Gasteiger partial charge in [-0.2, -0.15) is 26.3 Å². The highest BCUT2D eigenvalue weighted by Crippen LogP contribution is 2.38. The third-order valence-corrected chi connectivity index (χ3v) is 3.69. The first-order valence-corrected chi connectivity index (χ1v) is 7.53. The molecule has 3 nitrogen and oxygen atoms in total. The Bertz CT molecular complexity index is 819. The molecule has 2 rings (SSSR count). The van der Waals surface area contributed by atoms with Crippen LogP contribution in [0, 0.1) is 0 Å². The van der Waals surface area contributed by atoms with Crippen molar-refractivity contribution in [3.05, 3.63) is 59.2 Å². The Kier molecular flexibility index (Phi) is 5.62. The van der Waals surface area contributed by atoms with Crippen LogP contribution >= 0.6 is 0 Å². The van der Waals surface area contributed by atoms with Crippen LogP contribution in [0.25, 0.3) is 11.1 Å². The molecule has 0 aliphatic heterocycles. The summed E-state index contributed by atoms with van der Waals surface area (Å²) < 4.78 is 77.5. The van der Waals surface area contributed by atoms with Gasteiger partial charge in [0.1, 0.15) is 0 Å². The number of carboxylic acid groups (broad SMARTS) is 1. The number of hydrogen-bond acceptors (Lipinski definition) is 2. The van der Waals surface area contributed by atoms with Gasteiger partial charge in [0, 0.05) is 12.0 Å². The van der Waals surface area contributed by atoms with Crippen LogP contribution in [0.15, 0.2) is 42.5 Å². The van der Waals surface area contributed by atoms with Crippen LogP contribution in [0.4, 0.5) is 26.3 Å². The molecule has 0 saturated carbocycles. The van der Waals surface area contributed by atoms with Crippen molar-refractivity contribution >= 4 is 11.8 Å². The van der Waals surface area contributed by atoms with E-state index in [1.165, 1.54) is 24.3 Å². The smallest absolute Gasteiger partial charge is 0.416 e. The maximum atomic E-state index is 12.9. The Morgan fingerprint density at radius 2 is 1.22 bits per heavy atom. The number of alkyl halides is 6. The highest BCUT2D eigenvalue weighted by atomic mass is 19.4. The van der Waals surface area contributed by atoms with Crippen molar-refractivity contribution in [1.29, 1.82) is 0 Å². The Labute approximate surface area is 149 Å². The maximum absolute atomic E-state index is 12.9. The summed E-state index contributed by atoms with van der Waals surface area (Å²) >= 11 is 0. The first kappa shape index (κ1) is 20.5. The molecule has 1 N–H and O–H groups in total. The lowest BCUT2D eigenvalue weighted by atomic mass is 9.97. The van der Waals surface area contributed by atoms with Gasteiger partial charge >= 0.3 is 18.3 Å². The second-order valence-corrected chi connectivity index (χ2v) is 5.69. The van der Waals surface area contributed by atoms with Gasteiger partial charge in [-0.3, -0.25) is 9.59 Å². The monoisotopic (exact) mass is 390 g/mol. The van der Waals surface area contributed by atoms with E-state index in [0.29, 0.717) is 12.1 Å². The van der Waals surface area contributed by atoms with Gasteiger partial charge in [-0.15, -0.1) is 0 Å². The molecule has 2 aromatic carbocycles. The molecular formula is C18H12F6O3. The highest BCUT2D eigenvalue weighted by Gasteiger charge is 2.37. The van der Waals surface area contributed by atoms with Crippen molar-refractivity contribution in [1.82, 2.24) is 0 Å². The summed E-state index contributed by atoms with van der Waals surface area (Å²) in [7, 11) is 0. The van der Waals surface area contributed by atoms with Crippen molar-refractivity contribution in [2.45, 2.75) is 25.2 Å². The molecule has 0 aliphatic rings. The number of carboxylic acids is 1. The molecule has 0 aliphatic carbocycles. The normalized spacial score (nSPS) is 12.1. The molecule has 0 bridgehead atoms. The van der Waals surface area contributed by atoms with E-state index < -0.39 is 35.2 Å². The number of hydrogen-bond donors (Lipinski definition) is 1. The van der Waals surface area contributed by atoms with E-state index in [9.17, 15) is 35.9 Å². The van der Waals surface area contributed by atoms with Crippen molar-refractivity contribution in [3.8, 4) is 11.1 Å². The number of aliphatic carboxylic acids is 1. The maximum Gasteiger partial charge on any atom is 0.416 e. The number of carbonyl (C=O) groups excluding carboxylic acids is 1. The van der Waals surface area contributed by atoms with Crippen LogP contribution in [0.1, 0.15) is 34.3 Å². The zero-order valence-electron chi connectivity index (χ0n) is 13.5. The molecule has 0 fully saturated rings. The van der Waals surface area contributed by atoms with E-state index in [1.807, 2.05) is 0 Å². The third-order valence-electron chi connectivity index (χ3n) is 3.69. The summed E-state index contributed by atoms with van der Waals surface area (Å²) in [5.74, 6) is -1.66. The molecule has 2 aromatic rings. The first-order valence-electron chi connectivity index (χ1n) is 7.53. The molecule has 0 spiro atoms. The van der Waals surface area contributed by atoms with Gasteiger partial charge in [0.05, 0.1) is 17.5 Å². The number of carbonyl (C=O) groups is 2. The zero-order chi connectivity index (χ0) is 20.4. The van der Waals surface area contributed by atoms with Crippen molar-refractivity contribution < 1.29 is 41.0 Å². The molecule has 9 heteroatoms. The zero-order valence-corrected chi connectivity index (χ0v) is 13.5. The molecular weight excluding hydrogens is 378 g/mol. The Balaban J connectivity index is 2.40.